The second kappa shape index (κ2) is 10.1. The maximum absolute atomic E-state index is 13.0. The van der Waals surface area contributed by atoms with Gasteiger partial charge in [-0.3, -0.25) is 5.41 Å². The molecule has 3 aromatic rings. The topological polar surface area (TPSA) is 85.2 Å². The molecule has 35 heavy (non-hydrogen) atoms. The van der Waals surface area contributed by atoms with Gasteiger partial charge in [-0.2, -0.15) is 0 Å². The Bertz CT molecular complexity index is 1250. The van der Waals surface area contributed by atoms with Gasteiger partial charge >= 0.3 is 0 Å². The van der Waals surface area contributed by atoms with Crippen molar-refractivity contribution in [2.24, 2.45) is 5.92 Å². The van der Waals surface area contributed by atoms with Crippen molar-refractivity contribution in [3.05, 3.63) is 76.0 Å². The molecule has 2 N–H and O–H groups in total. The lowest BCUT2D eigenvalue weighted by molar-refractivity contribution is 0.252. The first-order valence-electron chi connectivity index (χ1n) is 11.5. The van der Waals surface area contributed by atoms with Crippen LogP contribution in [0.25, 0.3) is 0 Å². The summed E-state index contributed by atoms with van der Waals surface area (Å²) in [6, 6.07) is 13.1. The maximum Gasteiger partial charge on any atom is 0.225 e. The predicted molar refractivity (Wildman–Crippen MR) is 142 cm³/mol. The first kappa shape index (κ1) is 24.0. The fourth-order valence-corrected chi connectivity index (χ4v) is 5.67. The Morgan fingerprint density at radius 2 is 1.80 bits per heavy atom. The Kier molecular flexibility index (Phi) is 6.95. The normalized spacial score (nSPS) is 18.9. The summed E-state index contributed by atoms with van der Waals surface area (Å²) in [5.74, 6) is 1.50. The summed E-state index contributed by atoms with van der Waals surface area (Å²) in [7, 11) is -1.48. The van der Waals surface area contributed by atoms with Crippen molar-refractivity contribution in [3.8, 4) is 0 Å². The number of nitrogens with zero attached hydrogens (tertiary/aromatic N) is 4. The van der Waals surface area contributed by atoms with Crippen LogP contribution in [-0.4, -0.2) is 50.6 Å². The molecular formula is C25H26Cl2N6OS. The molecule has 1 aromatic heterocycles. The molecule has 2 aliphatic rings. The van der Waals surface area contributed by atoms with Crippen molar-refractivity contribution >= 4 is 51.7 Å². The number of anilines is 2. The first-order valence-corrected chi connectivity index (χ1v) is 13.4. The van der Waals surface area contributed by atoms with Gasteiger partial charge in [0.2, 0.25) is 5.95 Å². The van der Waals surface area contributed by atoms with Gasteiger partial charge in [0.1, 0.15) is 16.8 Å². The van der Waals surface area contributed by atoms with E-state index in [1.807, 2.05) is 43.3 Å². The highest BCUT2D eigenvalue weighted by atomic mass is 35.5. The summed E-state index contributed by atoms with van der Waals surface area (Å²) in [5.41, 5.74) is 2.25. The lowest BCUT2D eigenvalue weighted by atomic mass is 10.0. The van der Waals surface area contributed by atoms with E-state index in [1.165, 1.54) is 0 Å². The van der Waals surface area contributed by atoms with E-state index in [9.17, 15) is 4.21 Å². The second-order valence-corrected chi connectivity index (χ2v) is 11.0. The lowest BCUT2D eigenvalue weighted by Gasteiger charge is -2.43. The van der Waals surface area contributed by atoms with Crippen LogP contribution in [0.5, 0.6) is 0 Å². The Hall–Kier alpha value is -2.68. The molecule has 0 radical (unpaired) electrons. The number of amidine groups is 1. The molecule has 0 spiro atoms. The molecule has 1 aliphatic carbocycles. The third kappa shape index (κ3) is 5.29. The van der Waals surface area contributed by atoms with Gasteiger partial charge in [0.15, 0.2) is 0 Å². The lowest BCUT2D eigenvalue weighted by Crippen LogP contribution is -2.56. The minimum Gasteiger partial charge on any atom is -0.350 e. The highest BCUT2D eigenvalue weighted by Gasteiger charge is 2.41. The van der Waals surface area contributed by atoms with Crippen LogP contribution in [0.4, 0.5) is 11.6 Å². The number of hydrogen-bond acceptors (Lipinski definition) is 5. The third-order valence-electron chi connectivity index (χ3n) is 6.45. The Labute approximate surface area is 217 Å². The number of piperazine rings is 1. The van der Waals surface area contributed by atoms with E-state index >= 15 is 0 Å². The number of rotatable bonds is 6. The fourth-order valence-electron chi connectivity index (χ4n) is 4.44. The minimum absolute atomic E-state index is 0.141. The van der Waals surface area contributed by atoms with Gasteiger partial charge in [-0.05, 0) is 49.9 Å². The fraction of sp³-hybridized carbons (Fsp3) is 0.320. The molecule has 5 rings (SSSR count). The van der Waals surface area contributed by atoms with Crippen molar-refractivity contribution < 1.29 is 4.21 Å². The molecule has 2 aromatic carbocycles. The molecule has 2 heterocycles. The summed E-state index contributed by atoms with van der Waals surface area (Å²) < 4.78 is 16.1. The van der Waals surface area contributed by atoms with E-state index in [0.717, 1.165) is 24.9 Å². The predicted octanol–water partition coefficient (Wildman–Crippen LogP) is 5.15. The number of hydrogen-bond donors (Lipinski definition) is 2. The first-order chi connectivity index (χ1) is 16.9. The summed E-state index contributed by atoms with van der Waals surface area (Å²) in [5, 5.41) is 10.1. The van der Waals surface area contributed by atoms with Crippen molar-refractivity contribution in [2.75, 3.05) is 29.3 Å². The average molecular weight is 529 g/mol. The molecule has 10 heteroatoms. The molecule has 0 amide bonds. The Balaban J connectivity index is 1.39. The molecule has 182 valence electrons. The van der Waals surface area contributed by atoms with Crippen molar-refractivity contribution in [2.45, 2.75) is 30.7 Å². The van der Waals surface area contributed by atoms with Crippen LogP contribution in [0, 0.1) is 18.3 Å². The van der Waals surface area contributed by atoms with Crippen LogP contribution in [0.2, 0.25) is 10.0 Å². The highest BCUT2D eigenvalue weighted by molar-refractivity contribution is 7.86. The van der Waals surface area contributed by atoms with Gasteiger partial charge < -0.3 is 14.5 Å². The number of aryl methyl sites for hydroxylation is 1. The molecule has 0 bridgehead atoms. The standard InChI is InChI=1S/C25H26Cl2N6OS/c1-16-5-9-19(10-6-16)35(34)31-21-4-2-3-20(27)23(21)24(28)33-12-11-32(15-22(33)17-7-8-17)25-29-13-18(26)14-30-25/h2-6,9-10,13-14,17,22,28,31H,7-8,11-12,15H2,1H3. The largest absolute Gasteiger partial charge is 0.350 e. The Morgan fingerprint density at radius 3 is 2.49 bits per heavy atom. The van der Waals surface area contributed by atoms with Gasteiger partial charge in [0.05, 0.1) is 44.6 Å². The van der Waals surface area contributed by atoms with Crippen LogP contribution in [0.1, 0.15) is 24.0 Å². The molecule has 2 atom stereocenters. The maximum atomic E-state index is 13.0. The monoisotopic (exact) mass is 528 g/mol. The van der Waals surface area contributed by atoms with Gasteiger partial charge in [0, 0.05) is 19.6 Å². The molecule has 2 unspecified atom stereocenters. The van der Waals surface area contributed by atoms with Crippen LogP contribution in [0.3, 0.4) is 0 Å². The zero-order chi connectivity index (χ0) is 24.5. The Morgan fingerprint density at radius 1 is 1.09 bits per heavy atom. The molecular weight excluding hydrogens is 503 g/mol. The van der Waals surface area contributed by atoms with Crippen molar-refractivity contribution in [1.29, 1.82) is 5.41 Å². The molecule has 1 saturated heterocycles. The number of aromatic nitrogens is 2. The molecule has 7 nitrogen and oxygen atoms in total. The second-order valence-electron chi connectivity index (χ2n) is 8.94. The van der Waals surface area contributed by atoms with Gasteiger partial charge in [-0.25, -0.2) is 14.2 Å². The quantitative estimate of drug-likeness (QED) is 0.341. The van der Waals surface area contributed by atoms with Crippen LogP contribution in [-0.2, 0) is 11.0 Å². The van der Waals surface area contributed by atoms with E-state index in [1.54, 1.807) is 18.5 Å². The van der Waals surface area contributed by atoms with E-state index in [0.29, 0.717) is 57.0 Å². The van der Waals surface area contributed by atoms with Crippen LogP contribution < -0.4 is 9.62 Å². The smallest absolute Gasteiger partial charge is 0.225 e. The third-order valence-corrected chi connectivity index (χ3v) is 8.07. The molecule has 2 fully saturated rings. The SMILES string of the molecule is Cc1ccc(S(=O)Nc2cccc(Cl)c2C(=N)N2CCN(c3ncc(Cl)cn3)CC2C2CC2)cc1. The summed E-state index contributed by atoms with van der Waals surface area (Å²) in [6.45, 7) is 4.02. The molecule has 1 saturated carbocycles. The minimum atomic E-state index is -1.48. The van der Waals surface area contributed by atoms with Crippen molar-refractivity contribution in [3.63, 3.8) is 0 Å². The van der Waals surface area contributed by atoms with E-state index in [-0.39, 0.29) is 6.04 Å². The number of halogens is 2. The van der Waals surface area contributed by atoms with Crippen LogP contribution >= 0.6 is 23.2 Å². The van der Waals surface area contributed by atoms with E-state index < -0.39 is 11.0 Å². The van der Waals surface area contributed by atoms with Crippen LogP contribution in [0.15, 0.2) is 59.8 Å². The van der Waals surface area contributed by atoms with Gasteiger partial charge in [0.25, 0.3) is 0 Å². The zero-order valence-corrected chi connectivity index (χ0v) is 21.6. The summed E-state index contributed by atoms with van der Waals surface area (Å²) in [6.07, 6.45) is 5.49. The number of nitrogens with one attached hydrogen (secondary N) is 2. The average Bonchev–Trinajstić information content (AvgIpc) is 3.70. The van der Waals surface area contributed by atoms with E-state index in [4.69, 9.17) is 28.6 Å². The zero-order valence-electron chi connectivity index (χ0n) is 19.2. The van der Waals surface area contributed by atoms with Gasteiger partial charge in [-0.15, -0.1) is 0 Å². The van der Waals surface area contributed by atoms with E-state index in [2.05, 4.69) is 24.5 Å². The van der Waals surface area contributed by atoms with Crippen molar-refractivity contribution in [1.82, 2.24) is 14.9 Å². The number of benzene rings is 2. The molecule has 1 aliphatic heterocycles. The highest BCUT2D eigenvalue weighted by Crippen LogP contribution is 2.39. The summed E-state index contributed by atoms with van der Waals surface area (Å²) >= 11 is 12.6. The summed E-state index contributed by atoms with van der Waals surface area (Å²) in [4.78, 5) is 13.7. The van der Waals surface area contributed by atoms with Gasteiger partial charge in [-0.1, -0.05) is 47.0 Å².